The highest BCUT2D eigenvalue weighted by Gasteiger charge is 2.32. The number of aliphatic imine (C=N–C) groups is 1. The summed E-state index contributed by atoms with van der Waals surface area (Å²) in [7, 11) is 0. The van der Waals surface area contributed by atoms with Gasteiger partial charge in [-0.2, -0.15) is 0 Å². The molecule has 0 saturated carbocycles. The summed E-state index contributed by atoms with van der Waals surface area (Å²) in [5.74, 6) is -9.45. The van der Waals surface area contributed by atoms with Gasteiger partial charge in [0.1, 0.15) is 30.2 Å². The van der Waals surface area contributed by atoms with E-state index >= 15 is 0 Å². The van der Waals surface area contributed by atoms with Crippen LogP contribution in [0.4, 0.5) is 0 Å². The number of nitrogens with zero attached hydrogens (tertiary/aromatic N) is 1. The molecule has 0 aliphatic rings. The number of carbonyl (C=O) groups excluding carboxylic acids is 7. The number of unbranched alkanes of at least 4 members (excludes halogenated alkanes) is 1. The number of rotatable bonds is 28. The molecule has 322 valence electrons. The molecule has 0 bridgehead atoms. The van der Waals surface area contributed by atoms with E-state index < -0.39 is 103 Å². The Morgan fingerprint density at radius 3 is 1.74 bits per heavy atom. The Balaban J connectivity index is 3.18. The first-order valence-electron chi connectivity index (χ1n) is 18.4. The van der Waals surface area contributed by atoms with E-state index in [4.69, 9.17) is 28.7 Å². The fourth-order valence-corrected chi connectivity index (χ4v) is 5.18. The molecule has 0 fully saturated rings. The molecule has 0 aliphatic carbocycles. The average Bonchev–Trinajstić information content (AvgIpc) is 3.15. The molecule has 0 aromatic heterocycles. The molecule has 0 aliphatic heterocycles. The molecule has 0 heterocycles. The Morgan fingerprint density at radius 2 is 1.21 bits per heavy atom. The Labute approximate surface area is 334 Å². The Bertz CT molecular complexity index is 1610. The second-order valence-corrected chi connectivity index (χ2v) is 13.2. The van der Waals surface area contributed by atoms with Crippen LogP contribution in [0.3, 0.4) is 0 Å². The minimum Gasteiger partial charge on any atom is -0.481 e. The van der Waals surface area contributed by atoms with Crippen molar-refractivity contribution in [3.63, 3.8) is 0 Å². The van der Waals surface area contributed by atoms with Crippen LogP contribution in [0.2, 0.25) is 0 Å². The number of carbonyl (C=O) groups is 9. The smallest absolute Gasteiger partial charge is 0.326 e. The van der Waals surface area contributed by atoms with Crippen molar-refractivity contribution in [3.05, 3.63) is 35.9 Å². The Kier molecular flexibility index (Phi) is 22.7. The number of amides is 7. The largest absolute Gasteiger partial charge is 0.481 e. The molecule has 1 aromatic carbocycles. The van der Waals surface area contributed by atoms with E-state index in [1.165, 1.54) is 6.92 Å². The van der Waals surface area contributed by atoms with E-state index in [2.05, 4.69) is 36.9 Å². The zero-order valence-corrected chi connectivity index (χ0v) is 32.2. The number of primary amides is 1. The van der Waals surface area contributed by atoms with Crippen LogP contribution in [0.25, 0.3) is 0 Å². The van der Waals surface area contributed by atoms with Crippen molar-refractivity contribution in [3.8, 4) is 0 Å². The third kappa shape index (κ3) is 20.5. The van der Waals surface area contributed by atoms with Crippen LogP contribution in [0.15, 0.2) is 35.3 Å². The summed E-state index contributed by atoms with van der Waals surface area (Å²) >= 11 is 0. The van der Waals surface area contributed by atoms with Crippen LogP contribution in [0.1, 0.15) is 63.9 Å². The number of benzene rings is 1. The summed E-state index contributed by atoms with van der Waals surface area (Å²) in [4.78, 5) is 118. The minimum atomic E-state index is -1.75. The Morgan fingerprint density at radius 1 is 0.672 bits per heavy atom. The number of carboxylic acids is 2. The van der Waals surface area contributed by atoms with Gasteiger partial charge in [-0.15, -0.1) is 0 Å². The normalized spacial score (nSPS) is 13.8. The van der Waals surface area contributed by atoms with Crippen LogP contribution in [0.5, 0.6) is 0 Å². The number of nitrogens with two attached hydrogens (primary N) is 5. The third-order valence-corrected chi connectivity index (χ3v) is 8.23. The second kappa shape index (κ2) is 26.5. The summed E-state index contributed by atoms with van der Waals surface area (Å²) in [6.07, 6.45) is -0.691. The van der Waals surface area contributed by atoms with E-state index in [0.717, 1.165) is 0 Å². The van der Waals surface area contributed by atoms with Crippen LogP contribution in [-0.4, -0.2) is 125 Å². The van der Waals surface area contributed by atoms with Crippen molar-refractivity contribution < 1.29 is 53.4 Å². The lowest BCUT2D eigenvalue weighted by atomic mass is 10.0. The monoisotopic (exact) mass is 820 g/mol. The SMILES string of the molecule is C[C@H](N)C(=O)N[C@@H](CCCCN)C(=O)N[C@@H](CCC(N)=O)C(=O)N[C@@H](CCCN=C(N)N)C(=O)NCC(=O)N[C@@H](CC(=O)O)C(=O)N[C@@H](Cc1ccccc1)C(=O)O. The van der Waals surface area contributed by atoms with Gasteiger partial charge in [-0.05, 0) is 57.6 Å². The number of hydrogen-bond acceptors (Lipinski definition) is 12. The van der Waals surface area contributed by atoms with Gasteiger partial charge in [0.25, 0.3) is 0 Å². The van der Waals surface area contributed by atoms with Crippen molar-refractivity contribution in [2.24, 2.45) is 33.7 Å². The summed E-state index contributed by atoms with van der Waals surface area (Å²) in [6.45, 7) is 0.904. The first kappa shape index (κ1) is 49.7. The van der Waals surface area contributed by atoms with Crippen molar-refractivity contribution in [2.45, 2.75) is 101 Å². The van der Waals surface area contributed by atoms with Crippen LogP contribution >= 0.6 is 0 Å². The molecule has 1 aromatic rings. The highest BCUT2D eigenvalue weighted by atomic mass is 16.4. The van der Waals surface area contributed by atoms with Crippen LogP contribution < -0.4 is 60.6 Å². The van der Waals surface area contributed by atoms with Crippen LogP contribution in [0, 0.1) is 0 Å². The average molecular weight is 821 g/mol. The van der Waals surface area contributed by atoms with Crippen molar-refractivity contribution in [2.75, 3.05) is 19.6 Å². The summed E-state index contributed by atoms with van der Waals surface area (Å²) in [5.41, 5.74) is 27.8. The number of carboxylic acid groups (broad SMARTS) is 2. The molecule has 23 nitrogen and oxygen atoms in total. The molecular weight excluding hydrogens is 764 g/mol. The number of hydrogen-bond donors (Lipinski definition) is 13. The predicted octanol–water partition coefficient (Wildman–Crippen LogP) is -4.88. The first-order valence-corrected chi connectivity index (χ1v) is 18.4. The highest BCUT2D eigenvalue weighted by Crippen LogP contribution is 2.08. The second-order valence-electron chi connectivity index (χ2n) is 13.2. The van der Waals surface area contributed by atoms with Gasteiger partial charge >= 0.3 is 11.9 Å². The van der Waals surface area contributed by atoms with Gasteiger partial charge in [0.05, 0.1) is 19.0 Å². The van der Waals surface area contributed by atoms with Gasteiger partial charge in [0.15, 0.2) is 5.96 Å². The van der Waals surface area contributed by atoms with E-state index in [-0.39, 0.29) is 51.0 Å². The van der Waals surface area contributed by atoms with Crippen molar-refractivity contribution in [1.29, 1.82) is 0 Å². The van der Waals surface area contributed by atoms with Crippen molar-refractivity contribution >= 4 is 59.2 Å². The van der Waals surface area contributed by atoms with E-state index in [1.807, 2.05) is 0 Å². The highest BCUT2D eigenvalue weighted by molar-refractivity contribution is 5.97. The molecular formula is C35H56N12O11. The lowest BCUT2D eigenvalue weighted by Crippen LogP contribution is -2.58. The summed E-state index contributed by atoms with van der Waals surface area (Å²) < 4.78 is 0. The zero-order chi connectivity index (χ0) is 43.8. The molecule has 6 atom stereocenters. The maximum absolute atomic E-state index is 13.6. The fraction of sp³-hybridized carbons (Fsp3) is 0.543. The van der Waals surface area contributed by atoms with Gasteiger partial charge in [-0.25, -0.2) is 4.79 Å². The predicted molar refractivity (Wildman–Crippen MR) is 208 cm³/mol. The van der Waals surface area contributed by atoms with Gasteiger partial charge in [-0.1, -0.05) is 30.3 Å². The lowest BCUT2D eigenvalue weighted by molar-refractivity contribution is -0.143. The maximum Gasteiger partial charge on any atom is 0.326 e. The first-order chi connectivity index (χ1) is 27.3. The maximum atomic E-state index is 13.6. The fourth-order valence-electron chi connectivity index (χ4n) is 5.18. The molecule has 0 saturated heterocycles. The Hall–Kier alpha value is -6.36. The topological polar surface area (TPSA) is 409 Å². The van der Waals surface area contributed by atoms with Crippen LogP contribution in [-0.2, 0) is 49.6 Å². The van der Waals surface area contributed by atoms with E-state index in [1.54, 1.807) is 30.3 Å². The van der Waals surface area contributed by atoms with Gasteiger partial charge in [0, 0.05) is 19.4 Å². The molecule has 58 heavy (non-hydrogen) atoms. The summed E-state index contributed by atoms with van der Waals surface area (Å²) in [6, 6.07) is 0.0919. The summed E-state index contributed by atoms with van der Waals surface area (Å²) in [5, 5.41) is 33.2. The molecule has 23 heteroatoms. The lowest BCUT2D eigenvalue weighted by Gasteiger charge is -2.25. The standard InChI is InChI=1S/C35H56N12O11/c1-19(37)29(52)44-22(10-5-6-14-36)31(54)46-23(12-13-26(38)48)32(55)45-21(11-7-15-41-35(39)40)30(53)42-18-27(49)43-24(17-28(50)51)33(56)47-25(34(57)58)16-20-8-3-2-4-9-20/h2-4,8-9,19,21-25H,5-7,10-18,36-37H2,1H3,(H2,38,48)(H,42,53)(H,43,49)(H,44,52)(H,45,55)(H,46,54)(H,47,56)(H,50,51)(H,57,58)(H4,39,40,41)/t19-,21-,22-,23-,24-,25-/m0/s1. The molecule has 1 rings (SSSR count). The number of guanidine groups is 1. The molecule has 0 spiro atoms. The van der Waals surface area contributed by atoms with Gasteiger partial charge in [-0.3, -0.25) is 43.3 Å². The molecule has 18 N–H and O–H groups in total. The molecule has 0 radical (unpaired) electrons. The number of aliphatic carboxylic acids is 2. The zero-order valence-electron chi connectivity index (χ0n) is 32.2. The molecule has 7 amide bonds. The van der Waals surface area contributed by atoms with Gasteiger partial charge < -0.3 is 70.8 Å². The van der Waals surface area contributed by atoms with E-state index in [0.29, 0.717) is 24.9 Å². The third-order valence-electron chi connectivity index (χ3n) is 8.23. The van der Waals surface area contributed by atoms with Crippen molar-refractivity contribution in [1.82, 2.24) is 31.9 Å². The number of nitrogens with one attached hydrogen (secondary N) is 6. The van der Waals surface area contributed by atoms with Gasteiger partial charge in [0.2, 0.25) is 41.4 Å². The molecule has 0 unspecified atom stereocenters. The minimum absolute atomic E-state index is 0.0155. The van der Waals surface area contributed by atoms with E-state index in [9.17, 15) is 53.4 Å². The quantitative estimate of drug-likeness (QED) is 0.0214.